The summed E-state index contributed by atoms with van der Waals surface area (Å²) in [4.78, 5) is 0. The van der Waals surface area contributed by atoms with Gasteiger partial charge in [0.1, 0.15) is 5.75 Å². The van der Waals surface area contributed by atoms with Crippen LogP contribution in [0.5, 0.6) is 5.75 Å². The van der Waals surface area contributed by atoms with Crippen LogP contribution in [0, 0.1) is 0 Å². The first-order chi connectivity index (χ1) is 14.7. The summed E-state index contributed by atoms with van der Waals surface area (Å²) < 4.78 is 5.59. The summed E-state index contributed by atoms with van der Waals surface area (Å²) in [5, 5.41) is 19.8. The van der Waals surface area contributed by atoms with Gasteiger partial charge in [-0.05, 0) is 51.0 Å². The third kappa shape index (κ3) is 2.62. The molecule has 0 saturated heterocycles. The molecule has 4 aromatic rings. The second-order valence-electron chi connectivity index (χ2n) is 7.57. The average Bonchev–Trinajstić information content (AvgIpc) is 3.10. The number of hydrogen-bond acceptors (Lipinski definition) is 3. The third-order valence-electron chi connectivity index (χ3n) is 6.08. The molecular weight excluding hydrogens is 371 g/mol. The van der Waals surface area contributed by atoms with Crippen molar-refractivity contribution in [1.82, 2.24) is 0 Å². The fraction of sp³-hybridized carbons (Fsp3) is 0.0769. The van der Waals surface area contributed by atoms with Crippen molar-refractivity contribution in [3.8, 4) is 16.9 Å². The van der Waals surface area contributed by atoms with Crippen molar-refractivity contribution in [2.24, 2.45) is 0 Å². The number of hydrogen-bond donors (Lipinski definition) is 2. The van der Waals surface area contributed by atoms with E-state index in [2.05, 4.69) is 36.4 Å². The van der Waals surface area contributed by atoms with Gasteiger partial charge in [0, 0.05) is 0 Å². The van der Waals surface area contributed by atoms with Gasteiger partial charge in [0.2, 0.25) is 0 Å². The molecule has 0 spiro atoms. The number of fused-ring (bicyclic) bond motifs is 3. The van der Waals surface area contributed by atoms with Crippen LogP contribution in [-0.4, -0.2) is 24.3 Å². The molecule has 0 aliphatic heterocycles. The lowest BCUT2D eigenvalue weighted by molar-refractivity contribution is 0.414. The Morgan fingerprint density at radius 2 is 1.20 bits per heavy atom. The normalized spacial score (nSPS) is 13.4. The second kappa shape index (κ2) is 7.17. The predicted molar refractivity (Wildman–Crippen MR) is 120 cm³/mol. The van der Waals surface area contributed by atoms with Crippen molar-refractivity contribution in [3.63, 3.8) is 0 Å². The van der Waals surface area contributed by atoms with E-state index in [0.29, 0.717) is 5.46 Å². The standard InChI is InChI=1S/C26H21BO3/c1-30-21-13-15-23-22-14-12-20(27(28)29)16-24(22)26(25(23)17-21,18-8-4-2-5-9-18)19-10-6-3-7-11-19/h2-17,28-29H,1H3. The van der Waals surface area contributed by atoms with Crippen molar-refractivity contribution in [3.05, 3.63) is 119 Å². The highest BCUT2D eigenvalue weighted by molar-refractivity contribution is 6.58. The first-order valence-electron chi connectivity index (χ1n) is 9.96. The molecule has 4 heteroatoms. The lowest BCUT2D eigenvalue weighted by atomic mass is 9.66. The fourth-order valence-corrected chi connectivity index (χ4v) is 4.77. The minimum absolute atomic E-state index is 0.477. The van der Waals surface area contributed by atoms with Crippen LogP contribution in [0.15, 0.2) is 97.1 Å². The van der Waals surface area contributed by atoms with Gasteiger partial charge >= 0.3 is 7.12 Å². The first kappa shape index (κ1) is 18.7. The van der Waals surface area contributed by atoms with Crippen LogP contribution in [0.3, 0.4) is 0 Å². The Morgan fingerprint density at radius 1 is 0.667 bits per heavy atom. The monoisotopic (exact) mass is 392 g/mol. The van der Waals surface area contributed by atoms with Crippen molar-refractivity contribution in [2.45, 2.75) is 5.41 Å². The second-order valence-corrected chi connectivity index (χ2v) is 7.57. The zero-order chi connectivity index (χ0) is 20.7. The SMILES string of the molecule is COc1ccc2c(c1)C(c1ccccc1)(c1ccccc1)c1cc(B(O)O)ccc1-2. The molecule has 0 radical (unpaired) electrons. The van der Waals surface area contributed by atoms with E-state index >= 15 is 0 Å². The molecular formula is C26H21BO3. The Labute approximate surface area is 176 Å². The maximum Gasteiger partial charge on any atom is 0.488 e. The summed E-state index contributed by atoms with van der Waals surface area (Å²) in [6.45, 7) is 0. The quantitative estimate of drug-likeness (QED) is 0.458. The van der Waals surface area contributed by atoms with Crippen LogP contribution in [0.1, 0.15) is 22.3 Å². The zero-order valence-electron chi connectivity index (χ0n) is 16.6. The van der Waals surface area contributed by atoms with Gasteiger partial charge < -0.3 is 14.8 Å². The smallest absolute Gasteiger partial charge is 0.488 e. The van der Waals surface area contributed by atoms with Gasteiger partial charge in [-0.2, -0.15) is 0 Å². The van der Waals surface area contributed by atoms with Gasteiger partial charge in [0.05, 0.1) is 12.5 Å². The third-order valence-corrected chi connectivity index (χ3v) is 6.08. The van der Waals surface area contributed by atoms with E-state index in [1.165, 1.54) is 0 Å². The van der Waals surface area contributed by atoms with Gasteiger partial charge in [-0.25, -0.2) is 0 Å². The van der Waals surface area contributed by atoms with Gasteiger partial charge in [0.25, 0.3) is 0 Å². The Balaban J connectivity index is 1.96. The predicted octanol–water partition coefficient (Wildman–Crippen LogP) is 3.74. The molecule has 0 fully saturated rings. The molecule has 0 saturated carbocycles. The van der Waals surface area contributed by atoms with Crippen LogP contribution in [0.4, 0.5) is 0 Å². The van der Waals surface area contributed by atoms with E-state index in [0.717, 1.165) is 39.1 Å². The molecule has 30 heavy (non-hydrogen) atoms. The Kier molecular flexibility index (Phi) is 4.46. The van der Waals surface area contributed by atoms with E-state index in [1.54, 1.807) is 13.2 Å². The van der Waals surface area contributed by atoms with Crippen molar-refractivity contribution in [1.29, 1.82) is 0 Å². The van der Waals surface area contributed by atoms with Gasteiger partial charge in [0.15, 0.2) is 0 Å². The molecule has 0 bridgehead atoms. The topological polar surface area (TPSA) is 49.7 Å². The number of benzene rings is 4. The molecule has 1 aliphatic carbocycles. The molecule has 5 rings (SSSR count). The minimum atomic E-state index is -1.53. The molecule has 0 amide bonds. The highest BCUT2D eigenvalue weighted by atomic mass is 16.5. The molecule has 1 aliphatic rings. The van der Waals surface area contributed by atoms with E-state index in [1.807, 2.05) is 54.6 Å². The van der Waals surface area contributed by atoms with Gasteiger partial charge in [-0.1, -0.05) is 84.9 Å². The van der Waals surface area contributed by atoms with Crippen LogP contribution in [0.25, 0.3) is 11.1 Å². The highest BCUT2D eigenvalue weighted by Gasteiger charge is 2.46. The minimum Gasteiger partial charge on any atom is -0.497 e. The summed E-state index contributed by atoms with van der Waals surface area (Å²) in [6.07, 6.45) is 0. The molecule has 3 nitrogen and oxygen atoms in total. The molecule has 0 atom stereocenters. The molecule has 0 heterocycles. The van der Waals surface area contributed by atoms with Crippen LogP contribution < -0.4 is 10.2 Å². The van der Waals surface area contributed by atoms with E-state index < -0.39 is 12.5 Å². The number of ether oxygens (including phenoxy) is 1. The highest BCUT2D eigenvalue weighted by Crippen LogP contribution is 2.56. The number of methoxy groups -OCH3 is 1. The number of rotatable bonds is 4. The summed E-state index contributed by atoms with van der Waals surface area (Å²) >= 11 is 0. The molecule has 2 N–H and O–H groups in total. The van der Waals surface area contributed by atoms with Crippen LogP contribution in [0.2, 0.25) is 0 Å². The summed E-state index contributed by atoms with van der Waals surface area (Å²) in [7, 11) is 0.148. The summed E-state index contributed by atoms with van der Waals surface area (Å²) in [5.41, 5.74) is 6.50. The lowest BCUT2D eigenvalue weighted by Gasteiger charge is -2.34. The average molecular weight is 392 g/mol. The van der Waals surface area contributed by atoms with Gasteiger partial charge in [-0.3, -0.25) is 0 Å². The van der Waals surface area contributed by atoms with E-state index in [4.69, 9.17) is 4.74 Å². The van der Waals surface area contributed by atoms with Gasteiger partial charge in [-0.15, -0.1) is 0 Å². The fourth-order valence-electron chi connectivity index (χ4n) is 4.77. The molecule has 0 unspecified atom stereocenters. The van der Waals surface area contributed by atoms with Crippen LogP contribution >= 0.6 is 0 Å². The zero-order valence-corrected chi connectivity index (χ0v) is 16.6. The van der Waals surface area contributed by atoms with Crippen molar-refractivity contribution in [2.75, 3.05) is 7.11 Å². The van der Waals surface area contributed by atoms with Crippen molar-refractivity contribution >= 4 is 12.6 Å². The summed E-state index contributed by atoms with van der Waals surface area (Å²) in [6, 6.07) is 32.6. The molecule has 146 valence electrons. The van der Waals surface area contributed by atoms with Crippen LogP contribution in [-0.2, 0) is 5.41 Å². The largest absolute Gasteiger partial charge is 0.497 e. The maximum absolute atomic E-state index is 9.90. The van der Waals surface area contributed by atoms with Crippen molar-refractivity contribution < 1.29 is 14.8 Å². The lowest BCUT2D eigenvalue weighted by Crippen LogP contribution is -2.33. The molecule has 0 aromatic heterocycles. The molecule has 4 aromatic carbocycles. The first-order valence-corrected chi connectivity index (χ1v) is 9.96. The maximum atomic E-state index is 9.90. The van der Waals surface area contributed by atoms with E-state index in [-0.39, 0.29) is 0 Å². The Bertz CT molecular complexity index is 1160. The Morgan fingerprint density at radius 3 is 1.73 bits per heavy atom. The Hall–Kier alpha value is -3.34. The van der Waals surface area contributed by atoms with E-state index in [9.17, 15) is 10.0 Å². The summed E-state index contributed by atoms with van der Waals surface area (Å²) in [5.74, 6) is 0.792.